The van der Waals surface area contributed by atoms with Crippen molar-refractivity contribution < 1.29 is 19.2 Å². The first-order chi connectivity index (χ1) is 13.5. The Morgan fingerprint density at radius 1 is 1.18 bits per heavy atom. The molecule has 0 aromatic heterocycles. The molecule has 2 aromatic carbocycles. The molecule has 146 valence electrons. The zero-order valence-electron chi connectivity index (χ0n) is 15.2. The number of ether oxygens (including phenoxy) is 2. The number of nitrogens with one attached hydrogen (secondary N) is 1. The van der Waals surface area contributed by atoms with E-state index in [4.69, 9.17) is 9.47 Å². The van der Waals surface area contributed by atoms with E-state index in [1.165, 1.54) is 23.9 Å². The van der Waals surface area contributed by atoms with Crippen molar-refractivity contribution >= 4 is 29.1 Å². The molecule has 0 aliphatic carbocycles. The summed E-state index contributed by atoms with van der Waals surface area (Å²) in [5, 5.41) is 14.8. The van der Waals surface area contributed by atoms with Crippen LogP contribution in [-0.2, 0) is 10.5 Å². The van der Waals surface area contributed by atoms with Crippen molar-refractivity contribution in [1.29, 1.82) is 0 Å². The maximum Gasteiger partial charge on any atom is 0.269 e. The van der Waals surface area contributed by atoms with E-state index in [2.05, 4.69) is 10.5 Å². The molecule has 1 amide bonds. The summed E-state index contributed by atoms with van der Waals surface area (Å²) in [5.74, 6) is 1.96. The number of fused-ring (bicyclic) bond motifs is 1. The maximum absolute atomic E-state index is 12.0. The Balaban J connectivity index is 1.47. The zero-order valence-corrected chi connectivity index (χ0v) is 16.0. The number of nitrogens with zero attached hydrogens (tertiary/aromatic N) is 2. The number of hydrogen-bond acceptors (Lipinski definition) is 7. The zero-order chi connectivity index (χ0) is 19.9. The summed E-state index contributed by atoms with van der Waals surface area (Å²) < 4.78 is 11.0. The molecule has 9 heteroatoms. The minimum absolute atomic E-state index is 0.0513. The number of hydrogen-bond donors (Lipinski definition) is 1. The average molecular weight is 401 g/mol. The van der Waals surface area contributed by atoms with Crippen LogP contribution in [0.1, 0.15) is 18.1 Å². The van der Waals surface area contributed by atoms with Gasteiger partial charge in [0, 0.05) is 23.4 Å². The Kier molecular flexibility index (Phi) is 6.49. The van der Waals surface area contributed by atoms with Gasteiger partial charge in [0.2, 0.25) is 5.91 Å². The van der Waals surface area contributed by atoms with Gasteiger partial charge in [0.1, 0.15) is 13.2 Å². The second-order valence-corrected chi connectivity index (χ2v) is 6.99. The Morgan fingerprint density at radius 3 is 2.61 bits per heavy atom. The van der Waals surface area contributed by atoms with E-state index in [0.717, 1.165) is 11.1 Å². The molecule has 0 radical (unpaired) electrons. The molecule has 3 rings (SSSR count). The predicted octanol–water partition coefficient (Wildman–Crippen LogP) is 3.14. The number of non-ortho nitro benzene ring substituents is 1. The van der Waals surface area contributed by atoms with E-state index in [0.29, 0.717) is 36.2 Å². The van der Waals surface area contributed by atoms with Crippen molar-refractivity contribution in [3.8, 4) is 11.5 Å². The molecule has 1 heterocycles. The van der Waals surface area contributed by atoms with Gasteiger partial charge < -0.3 is 9.47 Å². The Morgan fingerprint density at radius 2 is 1.89 bits per heavy atom. The number of thioether (sulfide) groups is 1. The fourth-order valence-electron chi connectivity index (χ4n) is 2.49. The van der Waals surface area contributed by atoms with Crippen LogP contribution in [0.2, 0.25) is 0 Å². The van der Waals surface area contributed by atoms with Crippen LogP contribution in [0.15, 0.2) is 47.6 Å². The van der Waals surface area contributed by atoms with Gasteiger partial charge in [-0.1, -0.05) is 12.1 Å². The highest BCUT2D eigenvalue weighted by Crippen LogP contribution is 2.30. The van der Waals surface area contributed by atoms with E-state index < -0.39 is 4.92 Å². The molecule has 0 atom stereocenters. The molecular formula is C19H19N3O5S. The number of nitro benzene ring substituents is 1. The summed E-state index contributed by atoms with van der Waals surface area (Å²) in [4.78, 5) is 22.2. The Labute approximate surface area is 166 Å². The minimum Gasteiger partial charge on any atom is -0.486 e. The Hall–Kier alpha value is -3.07. The van der Waals surface area contributed by atoms with Crippen LogP contribution in [0.3, 0.4) is 0 Å². The van der Waals surface area contributed by atoms with E-state index in [9.17, 15) is 14.9 Å². The quantitative estimate of drug-likeness (QED) is 0.434. The van der Waals surface area contributed by atoms with Gasteiger partial charge in [-0.15, -0.1) is 11.8 Å². The molecule has 0 spiro atoms. The number of nitro groups is 1. The highest BCUT2D eigenvalue weighted by Gasteiger charge is 2.13. The van der Waals surface area contributed by atoms with Gasteiger partial charge in [-0.2, -0.15) is 5.10 Å². The smallest absolute Gasteiger partial charge is 0.269 e. The first-order valence-corrected chi connectivity index (χ1v) is 9.72. The highest BCUT2D eigenvalue weighted by molar-refractivity contribution is 7.99. The average Bonchev–Trinajstić information content (AvgIpc) is 2.72. The molecule has 0 saturated carbocycles. The number of benzene rings is 2. The lowest BCUT2D eigenvalue weighted by Gasteiger charge is -2.18. The van der Waals surface area contributed by atoms with Crippen LogP contribution >= 0.6 is 11.8 Å². The number of rotatable bonds is 7. The van der Waals surface area contributed by atoms with E-state index >= 15 is 0 Å². The molecule has 1 aliphatic heterocycles. The molecule has 28 heavy (non-hydrogen) atoms. The fourth-order valence-corrected chi connectivity index (χ4v) is 3.27. The molecule has 1 aliphatic rings. The van der Waals surface area contributed by atoms with Crippen molar-refractivity contribution in [2.24, 2.45) is 5.10 Å². The van der Waals surface area contributed by atoms with Crippen molar-refractivity contribution in [1.82, 2.24) is 5.43 Å². The van der Waals surface area contributed by atoms with Crippen LogP contribution in [-0.4, -0.2) is 35.5 Å². The third kappa shape index (κ3) is 5.23. The summed E-state index contributed by atoms with van der Waals surface area (Å²) in [7, 11) is 0. The van der Waals surface area contributed by atoms with Gasteiger partial charge in [0.15, 0.2) is 11.5 Å². The second kappa shape index (κ2) is 9.23. The third-order valence-corrected chi connectivity index (χ3v) is 4.96. The number of carbonyl (C=O) groups excluding carboxylic acids is 1. The van der Waals surface area contributed by atoms with Crippen molar-refractivity contribution in [2.75, 3.05) is 19.0 Å². The van der Waals surface area contributed by atoms with Crippen molar-refractivity contribution in [2.45, 2.75) is 12.7 Å². The van der Waals surface area contributed by atoms with Gasteiger partial charge in [-0.25, -0.2) is 5.43 Å². The lowest BCUT2D eigenvalue weighted by molar-refractivity contribution is -0.384. The molecule has 0 bridgehead atoms. The first kappa shape index (κ1) is 19.7. The molecule has 0 unspecified atom stereocenters. The number of carbonyl (C=O) groups is 1. The fraction of sp³-hybridized carbons (Fsp3) is 0.263. The molecule has 1 N–H and O–H groups in total. The normalized spacial score (nSPS) is 13.1. The van der Waals surface area contributed by atoms with Gasteiger partial charge in [0.05, 0.1) is 16.4 Å². The van der Waals surface area contributed by atoms with Gasteiger partial charge >= 0.3 is 0 Å². The van der Waals surface area contributed by atoms with Crippen LogP contribution < -0.4 is 14.9 Å². The van der Waals surface area contributed by atoms with Crippen LogP contribution in [0.4, 0.5) is 5.69 Å². The number of hydrazone groups is 1. The second-order valence-electron chi connectivity index (χ2n) is 6.01. The van der Waals surface area contributed by atoms with Crippen LogP contribution in [0, 0.1) is 10.1 Å². The van der Waals surface area contributed by atoms with Crippen molar-refractivity contribution in [3.05, 3.63) is 63.7 Å². The van der Waals surface area contributed by atoms with Gasteiger partial charge in [-0.05, 0) is 30.7 Å². The monoisotopic (exact) mass is 401 g/mol. The summed E-state index contributed by atoms with van der Waals surface area (Å²) in [6.45, 7) is 2.85. The van der Waals surface area contributed by atoms with Gasteiger partial charge in [-0.3, -0.25) is 14.9 Å². The summed E-state index contributed by atoms with van der Waals surface area (Å²) in [6, 6.07) is 11.8. The first-order valence-electron chi connectivity index (χ1n) is 8.57. The standard InChI is InChI=1S/C19H19N3O5S/c1-13(15-4-7-17-18(10-15)27-9-8-26-17)20-21-19(23)12-28-11-14-2-5-16(6-3-14)22(24)25/h2-7,10H,8-9,11-12H2,1H3,(H,21,23)/b20-13-. The number of amides is 1. The lowest BCUT2D eigenvalue weighted by Crippen LogP contribution is -2.21. The predicted molar refractivity (Wildman–Crippen MR) is 107 cm³/mol. The molecule has 0 saturated heterocycles. The minimum atomic E-state index is -0.438. The van der Waals surface area contributed by atoms with Crippen molar-refractivity contribution in [3.63, 3.8) is 0 Å². The maximum atomic E-state index is 12.0. The van der Waals surface area contributed by atoms with Crippen LogP contribution in [0.5, 0.6) is 11.5 Å². The molecule has 0 fully saturated rings. The summed E-state index contributed by atoms with van der Waals surface area (Å²) >= 11 is 1.41. The molecular weight excluding hydrogens is 382 g/mol. The highest BCUT2D eigenvalue weighted by atomic mass is 32.2. The summed E-state index contributed by atoms with van der Waals surface area (Å²) in [5.41, 5.74) is 5.00. The van der Waals surface area contributed by atoms with E-state index in [1.54, 1.807) is 19.1 Å². The topological polar surface area (TPSA) is 103 Å². The Bertz CT molecular complexity index is 899. The van der Waals surface area contributed by atoms with E-state index in [-0.39, 0.29) is 17.3 Å². The third-order valence-electron chi connectivity index (χ3n) is 3.96. The lowest BCUT2D eigenvalue weighted by atomic mass is 10.1. The molecule has 8 nitrogen and oxygen atoms in total. The van der Waals surface area contributed by atoms with Crippen LogP contribution in [0.25, 0.3) is 0 Å². The van der Waals surface area contributed by atoms with Gasteiger partial charge in [0.25, 0.3) is 5.69 Å². The molecule has 2 aromatic rings. The van der Waals surface area contributed by atoms with E-state index in [1.807, 2.05) is 18.2 Å². The summed E-state index contributed by atoms with van der Waals surface area (Å²) in [6.07, 6.45) is 0. The SMILES string of the molecule is C/C(=N/NC(=O)CSCc1ccc([N+](=O)[O-])cc1)c1ccc2c(c1)OCCO2. The largest absolute Gasteiger partial charge is 0.486 e.